The van der Waals surface area contributed by atoms with E-state index in [0.29, 0.717) is 6.54 Å². The number of aromatic nitrogens is 2. The number of hydrogen-bond acceptors (Lipinski definition) is 5. The lowest BCUT2D eigenvalue weighted by molar-refractivity contribution is 0.247. The lowest BCUT2D eigenvalue weighted by Crippen LogP contribution is -2.48. The number of benzene rings is 1. The molecular weight excluding hydrogens is 411 g/mol. The third-order valence-corrected chi connectivity index (χ3v) is 7.50. The molecule has 0 atom stereocenters. The Kier molecular flexibility index (Phi) is 5.63. The number of halogens is 1. The molecule has 3 aromatic rings. The molecule has 162 valence electrons. The second kappa shape index (κ2) is 8.55. The van der Waals surface area contributed by atoms with Gasteiger partial charge >= 0.3 is 0 Å². The van der Waals surface area contributed by atoms with E-state index in [0.717, 1.165) is 73.7 Å². The SMILES string of the molecule is C=CCn1c(N2CCN(Cc3cccc(F)c3)CC2)nc2sc3c(c2c1=O)CCCC3. The van der Waals surface area contributed by atoms with Crippen LogP contribution in [0, 0.1) is 5.82 Å². The molecule has 0 spiro atoms. The van der Waals surface area contributed by atoms with Gasteiger partial charge in [-0.2, -0.15) is 0 Å². The number of fused-ring (bicyclic) bond motifs is 3. The smallest absolute Gasteiger partial charge is 0.264 e. The number of allylic oxidation sites excluding steroid dienone is 1. The van der Waals surface area contributed by atoms with Gasteiger partial charge in [-0.3, -0.25) is 14.3 Å². The zero-order chi connectivity index (χ0) is 21.4. The fraction of sp³-hybridized carbons (Fsp3) is 0.417. The van der Waals surface area contributed by atoms with Crippen molar-refractivity contribution in [2.45, 2.75) is 38.8 Å². The Balaban J connectivity index is 1.41. The van der Waals surface area contributed by atoms with E-state index < -0.39 is 0 Å². The summed E-state index contributed by atoms with van der Waals surface area (Å²) in [7, 11) is 0. The van der Waals surface area contributed by atoms with E-state index in [-0.39, 0.29) is 11.4 Å². The van der Waals surface area contributed by atoms with Gasteiger partial charge in [0.25, 0.3) is 5.56 Å². The third-order valence-electron chi connectivity index (χ3n) is 6.32. The second-order valence-electron chi connectivity index (χ2n) is 8.40. The van der Waals surface area contributed by atoms with E-state index in [1.807, 2.05) is 6.07 Å². The molecule has 0 bridgehead atoms. The summed E-state index contributed by atoms with van der Waals surface area (Å²) in [6.45, 7) is 8.32. The predicted octanol–water partition coefficient (Wildman–Crippen LogP) is 3.98. The average molecular weight is 439 g/mol. The summed E-state index contributed by atoms with van der Waals surface area (Å²) >= 11 is 1.70. The van der Waals surface area contributed by atoms with Gasteiger partial charge in [0.2, 0.25) is 5.95 Å². The summed E-state index contributed by atoms with van der Waals surface area (Å²) in [5.74, 6) is 0.558. The van der Waals surface area contributed by atoms with Crippen molar-refractivity contribution < 1.29 is 4.39 Å². The number of rotatable bonds is 5. The summed E-state index contributed by atoms with van der Waals surface area (Å²) in [6, 6.07) is 6.80. The third kappa shape index (κ3) is 3.92. The van der Waals surface area contributed by atoms with Crippen LogP contribution in [0.4, 0.5) is 10.3 Å². The van der Waals surface area contributed by atoms with Gasteiger partial charge in [0.05, 0.1) is 5.39 Å². The molecule has 2 aromatic heterocycles. The Morgan fingerprint density at radius 2 is 1.97 bits per heavy atom. The number of anilines is 1. The summed E-state index contributed by atoms with van der Waals surface area (Å²) in [4.78, 5) is 25.2. The van der Waals surface area contributed by atoms with E-state index in [9.17, 15) is 9.18 Å². The standard InChI is InChI=1S/C24H27FN4OS/c1-2-10-29-23(30)21-19-8-3-4-9-20(19)31-22(21)26-24(29)28-13-11-27(12-14-28)16-17-6-5-7-18(25)15-17/h2,5-7,15H,1,3-4,8-14,16H2. The summed E-state index contributed by atoms with van der Waals surface area (Å²) in [5, 5.41) is 0.829. The molecule has 0 N–H and O–H groups in total. The molecule has 3 heterocycles. The normalized spacial score (nSPS) is 17.1. The first-order chi connectivity index (χ1) is 15.1. The number of aryl methyl sites for hydroxylation is 2. The van der Waals surface area contributed by atoms with Crippen LogP contribution in [0.3, 0.4) is 0 Å². The molecule has 1 aliphatic heterocycles. The average Bonchev–Trinajstić information content (AvgIpc) is 3.15. The molecule has 0 unspecified atom stereocenters. The second-order valence-corrected chi connectivity index (χ2v) is 9.48. The molecule has 1 aliphatic carbocycles. The first-order valence-electron chi connectivity index (χ1n) is 11.0. The number of nitrogens with zero attached hydrogens (tertiary/aromatic N) is 4. The molecule has 1 aromatic carbocycles. The van der Waals surface area contributed by atoms with E-state index in [4.69, 9.17) is 4.98 Å². The van der Waals surface area contributed by atoms with Crippen molar-refractivity contribution in [2.75, 3.05) is 31.1 Å². The van der Waals surface area contributed by atoms with E-state index in [1.165, 1.54) is 22.9 Å². The van der Waals surface area contributed by atoms with Crippen LogP contribution in [-0.2, 0) is 25.9 Å². The molecule has 5 nitrogen and oxygen atoms in total. The van der Waals surface area contributed by atoms with Gasteiger partial charge in [0.1, 0.15) is 10.6 Å². The maximum absolute atomic E-state index is 13.5. The quantitative estimate of drug-likeness (QED) is 0.565. The molecule has 7 heteroatoms. The van der Waals surface area contributed by atoms with Crippen LogP contribution < -0.4 is 10.5 Å². The monoisotopic (exact) mass is 438 g/mol. The van der Waals surface area contributed by atoms with Gasteiger partial charge in [0.15, 0.2) is 0 Å². The van der Waals surface area contributed by atoms with Crippen LogP contribution in [-0.4, -0.2) is 40.6 Å². The van der Waals surface area contributed by atoms with Crippen LogP contribution in [0.5, 0.6) is 0 Å². The zero-order valence-electron chi connectivity index (χ0n) is 17.6. The van der Waals surface area contributed by atoms with Gasteiger partial charge in [-0.15, -0.1) is 17.9 Å². The van der Waals surface area contributed by atoms with Crippen molar-refractivity contribution in [1.29, 1.82) is 0 Å². The molecule has 5 rings (SSSR count). The molecule has 0 amide bonds. The molecule has 2 aliphatic rings. The fourth-order valence-corrected chi connectivity index (χ4v) is 6.01. The number of hydrogen-bond donors (Lipinski definition) is 0. The van der Waals surface area contributed by atoms with Crippen molar-refractivity contribution in [3.05, 3.63) is 69.1 Å². The van der Waals surface area contributed by atoms with E-state index >= 15 is 0 Å². The van der Waals surface area contributed by atoms with Crippen LogP contribution >= 0.6 is 11.3 Å². The van der Waals surface area contributed by atoms with E-state index in [2.05, 4.69) is 16.4 Å². The lowest BCUT2D eigenvalue weighted by atomic mass is 9.97. The topological polar surface area (TPSA) is 41.4 Å². The zero-order valence-corrected chi connectivity index (χ0v) is 18.5. The minimum Gasteiger partial charge on any atom is -0.340 e. The van der Waals surface area contributed by atoms with Gasteiger partial charge < -0.3 is 4.90 Å². The maximum atomic E-state index is 13.5. The summed E-state index contributed by atoms with van der Waals surface area (Å²) in [6.07, 6.45) is 6.16. The highest BCUT2D eigenvalue weighted by Crippen LogP contribution is 2.34. The Morgan fingerprint density at radius 1 is 1.16 bits per heavy atom. The van der Waals surface area contributed by atoms with Crippen LogP contribution in [0.1, 0.15) is 28.8 Å². The first kappa shape index (κ1) is 20.4. The Labute approximate surface area is 185 Å². The highest BCUT2D eigenvalue weighted by Gasteiger charge is 2.25. The number of piperazine rings is 1. The molecular formula is C24H27FN4OS. The molecule has 1 saturated heterocycles. The Morgan fingerprint density at radius 3 is 2.74 bits per heavy atom. The van der Waals surface area contributed by atoms with Crippen molar-refractivity contribution in [3.63, 3.8) is 0 Å². The minimum absolute atomic E-state index is 0.0708. The summed E-state index contributed by atoms with van der Waals surface area (Å²) < 4.78 is 15.3. The largest absolute Gasteiger partial charge is 0.340 e. The van der Waals surface area contributed by atoms with Crippen LogP contribution in [0.15, 0.2) is 41.7 Å². The minimum atomic E-state index is -0.194. The maximum Gasteiger partial charge on any atom is 0.264 e. The molecule has 1 fully saturated rings. The van der Waals surface area contributed by atoms with Crippen LogP contribution in [0.25, 0.3) is 10.2 Å². The van der Waals surface area contributed by atoms with Gasteiger partial charge in [0, 0.05) is 44.1 Å². The van der Waals surface area contributed by atoms with Gasteiger partial charge in [-0.05, 0) is 48.9 Å². The molecule has 0 saturated carbocycles. The molecule has 0 radical (unpaired) electrons. The number of thiophene rings is 1. The highest BCUT2D eigenvalue weighted by atomic mass is 32.1. The van der Waals surface area contributed by atoms with Crippen LogP contribution in [0.2, 0.25) is 0 Å². The van der Waals surface area contributed by atoms with Crippen molar-refractivity contribution in [1.82, 2.24) is 14.5 Å². The van der Waals surface area contributed by atoms with Crippen molar-refractivity contribution >= 4 is 27.5 Å². The van der Waals surface area contributed by atoms with Gasteiger partial charge in [-0.25, -0.2) is 9.37 Å². The Bertz CT molecular complexity index is 1180. The van der Waals surface area contributed by atoms with Crippen molar-refractivity contribution in [3.8, 4) is 0 Å². The Hall–Kier alpha value is -2.51. The fourth-order valence-electron chi connectivity index (χ4n) is 4.76. The van der Waals surface area contributed by atoms with Crippen molar-refractivity contribution in [2.24, 2.45) is 0 Å². The van der Waals surface area contributed by atoms with Gasteiger partial charge in [-0.1, -0.05) is 18.2 Å². The highest BCUT2D eigenvalue weighted by molar-refractivity contribution is 7.18. The summed E-state index contributed by atoms with van der Waals surface area (Å²) in [5.41, 5.74) is 2.29. The molecule has 31 heavy (non-hydrogen) atoms. The predicted molar refractivity (Wildman–Crippen MR) is 125 cm³/mol. The lowest BCUT2D eigenvalue weighted by Gasteiger charge is -2.36. The first-order valence-corrected chi connectivity index (χ1v) is 11.8. The van der Waals surface area contributed by atoms with E-state index in [1.54, 1.807) is 34.1 Å².